The van der Waals surface area contributed by atoms with Gasteiger partial charge >= 0.3 is 0 Å². The first-order chi connectivity index (χ1) is 12.6. The summed E-state index contributed by atoms with van der Waals surface area (Å²) < 4.78 is 5.88. The van der Waals surface area contributed by atoms with E-state index in [2.05, 4.69) is 35.8 Å². The number of anilines is 1. The van der Waals surface area contributed by atoms with Crippen LogP contribution < -0.4 is 15.4 Å². The zero-order chi connectivity index (χ0) is 18.4. The number of hydrogen-bond donors (Lipinski definition) is 2. The van der Waals surface area contributed by atoms with Crippen molar-refractivity contribution in [3.8, 4) is 5.75 Å². The van der Waals surface area contributed by atoms with Crippen molar-refractivity contribution in [3.05, 3.63) is 59.2 Å². The van der Waals surface area contributed by atoms with Crippen molar-refractivity contribution < 1.29 is 9.53 Å². The van der Waals surface area contributed by atoms with E-state index in [9.17, 15) is 4.79 Å². The van der Waals surface area contributed by atoms with Crippen LogP contribution in [0.3, 0.4) is 0 Å². The van der Waals surface area contributed by atoms with E-state index in [1.54, 1.807) is 0 Å². The molecule has 0 bridgehead atoms. The lowest BCUT2D eigenvalue weighted by Crippen LogP contribution is -2.15. The van der Waals surface area contributed by atoms with Gasteiger partial charge in [-0.3, -0.25) is 4.79 Å². The third kappa shape index (κ3) is 5.33. The van der Waals surface area contributed by atoms with Crippen LogP contribution in [0.25, 0.3) is 0 Å². The van der Waals surface area contributed by atoms with Gasteiger partial charge in [-0.1, -0.05) is 29.8 Å². The summed E-state index contributed by atoms with van der Waals surface area (Å²) in [6.45, 7) is 6.74. The highest BCUT2D eigenvalue weighted by atomic mass is 16.5. The van der Waals surface area contributed by atoms with Gasteiger partial charge in [-0.25, -0.2) is 0 Å². The first-order valence-electron chi connectivity index (χ1n) is 9.40. The molecule has 1 atom stereocenters. The average molecular weight is 352 g/mol. The van der Waals surface area contributed by atoms with E-state index < -0.39 is 0 Å². The lowest BCUT2D eigenvalue weighted by Gasteiger charge is -2.13. The molecule has 1 fully saturated rings. The summed E-state index contributed by atoms with van der Waals surface area (Å²) in [6.07, 6.45) is 2.71. The summed E-state index contributed by atoms with van der Waals surface area (Å²) in [6, 6.07) is 14.1. The molecule has 3 rings (SSSR count). The number of hydrogen-bond acceptors (Lipinski definition) is 3. The van der Waals surface area contributed by atoms with Gasteiger partial charge in [0.1, 0.15) is 12.4 Å². The summed E-state index contributed by atoms with van der Waals surface area (Å²) >= 11 is 0. The van der Waals surface area contributed by atoms with Crippen LogP contribution >= 0.6 is 0 Å². The molecule has 4 heteroatoms. The predicted octanol–water partition coefficient (Wildman–Crippen LogP) is 4.21. The van der Waals surface area contributed by atoms with Gasteiger partial charge in [-0.2, -0.15) is 0 Å². The highest BCUT2D eigenvalue weighted by Crippen LogP contribution is 2.23. The highest BCUT2D eigenvalue weighted by Gasteiger charge is 2.16. The molecule has 2 aromatic carbocycles. The number of rotatable bonds is 7. The minimum atomic E-state index is 0.0911. The number of amides is 1. The van der Waals surface area contributed by atoms with Crippen LogP contribution in [0.1, 0.15) is 36.0 Å². The second-order valence-electron chi connectivity index (χ2n) is 7.20. The molecule has 2 N–H and O–H groups in total. The van der Waals surface area contributed by atoms with Gasteiger partial charge in [-0.05, 0) is 75.0 Å². The van der Waals surface area contributed by atoms with Crippen molar-refractivity contribution >= 4 is 11.6 Å². The van der Waals surface area contributed by atoms with Crippen molar-refractivity contribution in [2.75, 3.05) is 18.4 Å². The van der Waals surface area contributed by atoms with Crippen molar-refractivity contribution in [2.45, 2.75) is 39.7 Å². The van der Waals surface area contributed by atoms with Crippen LogP contribution in [0.15, 0.2) is 42.5 Å². The number of aryl methyl sites for hydroxylation is 2. The topological polar surface area (TPSA) is 50.4 Å². The molecule has 0 aromatic heterocycles. The molecule has 4 nitrogen and oxygen atoms in total. The van der Waals surface area contributed by atoms with E-state index in [0.29, 0.717) is 18.9 Å². The maximum absolute atomic E-state index is 12.2. The molecule has 1 unspecified atom stereocenters. The molecule has 1 aliphatic heterocycles. The molecular formula is C22H28N2O2. The predicted molar refractivity (Wildman–Crippen MR) is 106 cm³/mol. The zero-order valence-corrected chi connectivity index (χ0v) is 15.7. The Morgan fingerprint density at radius 2 is 2.12 bits per heavy atom. The van der Waals surface area contributed by atoms with E-state index in [1.165, 1.54) is 12.0 Å². The Morgan fingerprint density at radius 3 is 2.85 bits per heavy atom. The normalized spacial score (nSPS) is 16.5. The first kappa shape index (κ1) is 18.5. The van der Waals surface area contributed by atoms with Gasteiger partial charge in [-0.15, -0.1) is 0 Å². The molecule has 2 aromatic rings. The summed E-state index contributed by atoms with van der Waals surface area (Å²) in [7, 11) is 0. The summed E-state index contributed by atoms with van der Waals surface area (Å²) in [5, 5.41) is 6.37. The number of nitrogens with one attached hydrogen (secondary N) is 2. The molecule has 0 aliphatic carbocycles. The number of carbonyl (C=O) groups excluding carboxylic acids is 1. The monoisotopic (exact) mass is 352 g/mol. The fourth-order valence-electron chi connectivity index (χ4n) is 3.34. The van der Waals surface area contributed by atoms with Crippen molar-refractivity contribution in [1.29, 1.82) is 0 Å². The fraction of sp³-hybridized carbons (Fsp3) is 0.409. The number of carbonyl (C=O) groups is 1. The molecular weight excluding hydrogens is 324 g/mol. The van der Waals surface area contributed by atoms with Crippen LogP contribution in [0.2, 0.25) is 0 Å². The number of ether oxygens (including phenoxy) is 1. The Kier molecular flexibility index (Phi) is 6.29. The lowest BCUT2D eigenvalue weighted by atomic mass is 10.0. The van der Waals surface area contributed by atoms with Crippen LogP contribution in [0.5, 0.6) is 5.75 Å². The van der Waals surface area contributed by atoms with Gasteiger partial charge in [0.2, 0.25) is 5.91 Å². The minimum Gasteiger partial charge on any atom is -0.489 e. The molecule has 0 saturated carbocycles. The Morgan fingerprint density at radius 1 is 1.23 bits per heavy atom. The smallest absolute Gasteiger partial charge is 0.224 e. The molecule has 0 spiro atoms. The second kappa shape index (κ2) is 8.86. The van der Waals surface area contributed by atoms with Gasteiger partial charge in [0, 0.05) is 12.1 Å². The van der Waals surface area contributed by atoms with Gasteiger partial charge in [0.05, 0.1) is 0 Å². The summed E-state index contributed by atoms with van der Waals surface area (Å²) in [5.41, 5.74) is 4.26. The van der Waals surface area contributed by atoms with E-state index in [0.717, 1.165) is 42.1 Å². The summed E-state index contributed by atoms with van der Waals surface area (Å²) in [5.74, 6) is 1.55. The summed E-state index contributed by atoms with van der Waals surface area (Å²) in [4.78, 5) is 12.2. The van der Waals surface area contributed by atoms with Gasteiger partial charge in [0.25, 0.3) is 0 Å². The van der Waals surface area contributed by atoms with E-state index in [1.807, 2.05) is 31.2 Å². The van der Waals surface area contributed by atoms with Crippen LogP contribution in [0.4, 0.5) is 5.69 Å². The fourth-order valence-corrected chi connectivity index (χ4v) is 3.34. The maximum Gasteiger partial charge on any atom is 0.224 e. The molecule has 1 amide bonds. The largest absolute Gasteiger partial charge is 0.489 e. The molecule has 26 heavy (non-hydrogen) atoms. The maximum atomic E-state index is 12.2. The molecule has 138 valence electrons. The van der Waals surface area contributed by atoms with Crippen molar-refractivity contribution in [2.24, 2.45) is 5.92 Å². The van der Waals surface area contributed by atoms with E-state index >= 15 is 0 Å². The third-order valence-electron chi connectivity index (χ3n) is 4.90. The van der Waals surface area contributed by atoms with Crippen molar-refractivity contribution in [3.63, 3.8) is 0 Å². The second-order valence-corrected chi connectivity index (χ2v) is 7.20. The zero-order valence-electron chi connectivity index (χ0n) is 15.7. The Balaban J connectivity index is 1.50. The number of benzene rings is 2. The Hall–Kier alpha value is -2.33. The average Bonchev–Trinajstić information content (AvgIpc) is 3.14. The Bertz CT molecular complexity index is 752. The van der Waals surface area contributed by atoms with Gasteiger partial charge in [0.15, 0.2) is 0 Å². The lowest BCUT2D eigenvalue weighted by molar-refractivity contribution is -0.116. The van der Waals surface area contributed by atoms with E-state index in [-0.39, 0.29) is 5.91 Å². The standard InChI is InChI=1S/C22H28N2O2/c1-16-4-3-5-19(12-16)15-26-20-7-8-21(17(2)13-20)24-22(25)9-6-18-10-11-23-14-18/h3-5,7-8,12-13,18,23H,6,9-11,14-15H2,1-2H3,(H,24,25). The van der Waals surface area contributed by atoms with Crippen molar-refractivity contribution in [1.82, 2.24) is 5.32 Å². The molecule has 1 saturated heterocycles. The SMILES string of the molecule is Cc1cccc(COc2ccc(NC(=O)CCC3CCNC3)c(C)c2)c1. The Labute approximate surface area is 156 Å². The minimum absolute atomic E-state index is 0.0911. The van der Waals surface area contributed by atoms with Gasteiger partial charge < -0.3 is 15.4 Å². The van der Waals surface area contributed by atoms with E-state index in [4.69, 9.17) is 4.74 Å². The van der Waals surface area contributed by atoms with Crippen LogP contribution in [-0.4, -0.2) is 19.0 Å². The molecule has 1 heterocycles. The van der Waals surface area contributed by atoms with Crippen LogP contribution in [-0.2, 0) is 11.4 Å². The molecule has 1 aliphatic rings. The van der Waals surface area contributed by atoms with Crippen LogP contribution in [0, 0.1) is 19.8 Å². The highest BCUT2D eigenvalue weighted by molar-refractivity contribution is 5.91. The quantitative estimate of drug-likeness (QED) is 0.785. The first-order valence-corrected chi connectivity index (χ1v) is 9.40. The third-order valence-corrected chi connectivity index (χ3v) is 4.90. The molecule has 0 radical (unpaired) electrons.